The molecule has 4 aliphatic rings. The molecule has 27 heavy (non-hydrogen) atoms. The van der Waals surface area contributed by atoms with Gasteiger partial charge in [-0.2, -0.15) is 0 Å². The van der Waals surface area contributed by atoms with Gasteiger partial charge in [-0.1, -0.05) is 13.8 Å². The molecule has 4 fully saturated rings. The van der Waals surface area contributed by atoms with E-state index in [9.17, 15) is 9.59 Å². The van der Waals surface area contributed by atoms with Crippen molar-refractivity contribution in [3.8, 4) is 0 Å². The van der Waals surface area contributed by atoms with Gasteiger partial charge in [0.1, 0.15) is 6.61 Å². The van der Waals surface area contributed by atoms with E-state index in [1.54, 1.807) is 0 Å². The summed E-state index contributed by atoms with van der Waals surface area (Å²) in [6.45, 7) is 10.6. The van der Waals surface area contributed by atoms with Crippen LogP contribution in [-0.2, 0) is 23.8 Å². The topological polar surface area (TPSA) is 80.5 Å². The van der Waals surface area contributed by atoms with E-state index in [1.165, 1.54) is 0 Å². The molecular weight excluding hydrogens is 346 g/mol. The molecule has 0 aromatic carbocycles. The Kier molecular flexibility index (Phi) is 4.58. The van der Waals surface area contributed by atoms with Crippen molar-refractivity contribution in [2.45, 2.75) is 89.8 Å². The highest BCUT2D eigenvalue weighted by molar-refractivity contribution is 5.79. The third-order valence-corrected chi connectivity index (χ3v) is 7.34. The highest BCUT2D eigenvalue weighted by Crippen LogP contribution is 2.52. The standard InChI is InChI=1S/C21H33NO5/c1-11-8-20(4)16(26-20)6-14(11)18(23)22-13(3)10-25-19(24)15-7-17-21(5,27-17)9-12(15)2/h11-17H,6-10H2,1-5H3,(H,22,23). The van der Waals surface area contributed by atoms with Gasteiger partial charge in [-0.25, -0.2) is 0 Å². The van der Waals surface area contributed by atoms with Crippen molar-refractivity contribution in [3.05, 3.63) is 0 Å². The van der Waals surface area contributed by atoms with E-state index in [2.05, 4.69) is 33.0 Å². The Morgan fingerprint density at radius 1 is 1.04 bits per heavy atom. The molecular formula is C21H33NO5. The van der Waals surface area contributed by atoms with Gasteiger partial charge in [-0.15, -0.1) is 0 Å². The number of hydrogen-bond donors (Lipinski definition) is 1. The largest absolute Gasteiger partial charge is 0.463 e. The van der Waals surface area contributed by atoms with Crippen LogP contribution in [0.2, 0.25) is 0 Å². The summed E-state index contributed by atoms with van der Waals surface area (Å²) in [6, 6.07) is -0.191. The molecule has 6 heteroatoms. The molecule has 2 aliphatic heterocycles. The van der Waals surface area contributed by atoms with Gasteiger partial charge in [0.15, 0.2) is 0 Å². The van der Waals surface area contributed by atoms with Crippen LogP contribution in [0.25, 0.3) is 0 Å². The van der Waals surface area contributed by atoms with Gasteiger partial charge in [0.2, 0.25) is 5.91 Å². The minimum absolute atomic E-state index is 0.00458. The number of ether oxygens (including phenoxy) is 3. The average Bonchev–Trinajstić information content (AvgIpc) is 3.43. The maximum absolute atomic E-state index is 12.6. The van der Waals surface area contributed by atoms with Crippen molar-refractivity contribution >= 4 is 11.9 Å². The van der Waals surface area contributed by atoms with Crippen LogP contribution >= 0.6 is 0 Å². The van der Waals surface area contributed by atoms with Crippen LogP contribution < -0.4 is 5.32 Å². The zero-order valence-corrected chi connectivity index (χ0v) is 17.1. The summed E-state index contributed by atoms with van der Waals surface area (Å²) < 4.78 is 17.0. The Labute approximate surface area is 161 Å². The van der Waals surface area contributed by atoms with Crippen LogP contribution in [-0.4, -0.2) is 47.9 Å². The number of fused-ring (bicyclic) bond motifs is 2. The predicted molar refractivity (Wildman–Crippen MR) is 98.9 cm³/mol. The highest BCUT2D eigenvalue weighted by atomic mass is 16.6. The summed E-state index contributed by atoms with van der Waals surface area (Å²) in [7, 11) is 0. The van der Waals surface area contributed by atoms with Gasteiger partial charge in [-0.3, -0.25) is 9.59 Å². The van der Waals surface area contributed by atoms with Crippen molar-refractivity contribution < 1.29 is 23.8 Å². The molecule has 2 saturated heterocycles. The van der Waals surface area contributed by atoms with Gasteiger partial charge < -0.3 is 19.5 Å². The first-order chi connectivity index (χ1) is 12.6. The van der Waals surface area contributed by atoms with E-state index >= 15 is 0 Å². The lowest BCUT2D eigenvalue weighted by Crippen LogP contribution is -2.45. The van der Waals surface area contributed by atoms with Crippen LogP contribution in [0.5, 0.6) is 0 Å². The van der Waals surface area contributed by atoms with Gasteiger partial charge in [0, 0.05) is 5.92 Å². The number of carbonyl (C=O) groups excluding carboxylic acids is 2. The second-order valence-electron chi connectivity index (χ2n) is 9.93. The van der Waals surface area contributed by atoms with Crippen LogP contribution in [0, 0.1) is 23.7 Å². The van der Waals surface area contributed by atoms with E-state index in [0.29, 0.717) is 5.92 Å². The molecule has 0 spiro atoms. The zero-order valence-electron chi connectivity index (χ0n) is 17.1. The van der Waals surface area contributed by atoms with Crippen LogP contribution in [0.3, 0.4) is 0 Å². The van der Waals surface area contributed by atoms with Gasteiger partial charge >= 0.3 is 5.97 Å². The van der Waals surface area contributed by atoms with Crippen molar-refractivity contribution in [1.82, 2.24) is 5.32 Å². The molecule has 4 rings (SSSR count). The maximum atomic E-state index is 12.6. The summed E-state index contributed by atoms with van der Waals surface area (Å²) in [5, 5.41) is 3.03. The molecule has 9 unspecified atom stereocenters. The fraction of sp³-hybridized carbons (Fsp3) is 0.905. The Morgan fingerprint density at radius 3 is 2.15 bits per heavy atom. The summed E-state index contributed by atoms with van der Waals surface area (Å²) in [5.41, 5.74) is -0.0229. The number of amides is 1. The van der Waals surface area contributed by atoms with E-state index in [-0.39, 0.29) is 65.7 Å². The molecule has 2 saturated carbocycles. The Bertz CT molecular complexity index is 638. The lowest BCUT2D eigenvalue weighted by Gasteiger charge is -2.30. The molecule has 9 atom stereocenters. The quantitative estimate of drug-likeness (QED) is 0.586. The minimum atomic E-state index is -0.191. The molecule has 2 heterocycles. The first-order valence-electron chi connectivity index (χ1n) is 10.4. The van der Waals surface area contributed by atoms with Crippen molar-refractivity contribution in [2.24, 2.45) is 23.7 Å². The fourth-order valence-electron chi connectivity index (χ4n) is 5.42. The molecule has 2 aliphatic carbocycles. The number of rotatable bonds is 5. The number of carbonyl (C=O) groups is 2. The lowest BCUT2D eigenvalue weighted by atomic mass is 9.75. The number of hydrogen-bond acceptors (Lipinski definition) is 5. The molecule has 1 amide bonds. The predicted octanol–water partition coefficient (Wildman–Crippen LogP) is 2.44. The molecule has 1 N–H and O–H groups in total. The first kappa shape index (κ1) is 19.2. The molecule has 0 aromatic heterocycles. The van der Waals surface area contributed by atoms with Crippen LogP contribution in [0.4, 0.5) is 0 Å². The van der Waals surface area contributed by atoms with Crippen molar-refractivity contribution in [1.29, 1.82) is 0 Å². The normalized spacial score (nSPS) is 48.6. The Morgan fingerprint density at radius 2 is 1.56 bits per heavy atom. The Balaban J connectivity index is 1.22. The van der Waals surface area contributed by atoms with Gasteiger partial charge in [0.25, 0.3) is 0 Å². The maximum Gasteiger partial charge on any atom is 0.309 e. The first-order valence-corrected chi connectivity index (χ1v) is 10.4. The van der Waals surface area contributed by atoms with E-state index < -0.39 is 0 Å². The number of epoxide rings is 2. The summed E-state index contributed by atoms with van der Waals surface area (Å²) in [6.07, 6.45) is 3.80. The third-order valence-electron chi connectivity index (χ3n) is 7.34. The SMILES string of the molecule is CC(COC(=O)C1CC2OC2(C)CC1C)NC(=O)C1CC2OC2(C)CC1C. The smallest absolute Gasteiger partial charge is 0.309 e. The number of nitrogens with one attached hydrogen (secondary N) is 1. The second kappa shape index (κ2) is 6.45. The molecule has 0 radical (unpaired) electrons. The van der Waals surface area contributed by atoms with Crippen molar-refractivity contribution in [3.63, 3.8) is 0 Å². The zero-order chi connectivity index (χ0) is 19.6. The fourth-order valence-corrected chi connectivity index (χ4v) is 5.42. The van der Waals surface area contributed by atoms with Crippen LogP contribution in [0.15, 0.2) is 0 Å². The molecule has 152 valence electrons. The Hall–Kier alpha value is -1.14. The summed E-state index contributed by atoms with van der Waals surface area (Å²) in [4.78, 5) is 25.1. The third kappa shape index (κ3) is 3.63. The average molecular weight is 379 g/mol. The van der Waals surface area contributed by atoms with E-state index in [1.807, 2.05) is 6.92 Å². The molecule has 6 nitrogen and oxygen atoms in total. The lowest BCUT2D eigenvalue weighted by molar-refractivity contribution is -0.152. The molecule has 0 bridgehead atoms. The van der Waals surface area contributed by atoms with Crippen LogP contribution in [0.1, 0.15) is 60.3 Å². The van der Waals surface area contributed by atoms with Crippen molar-refractivity contribution in [2.75, 3.05) is 6.61 Å². The van der Waals surface area contributed by atoms with Gasteiger partial charge in [0.05, 0.1) is 35.4 Å². The summed E-state index contributed by atoms with van der Waals surface area (Å²) in [5.74, 6) is 0.343. The summed E-state index contributed by atoms with van der Waals surface area (Å²) >= 11 is 0. The monoisotopic (exact) mass is 379 g/mol. The second-order valence-corrected chi connectivity index (χ2v) is 9.93. The minimum Gasteiger partial charge on any atom is -0.463 e. The molecule has 0 aromatic rings. The van der Waals surface area contributed by atoms with Gasteiger partial charge in [-0.05, 0) is 58.3 Å². The van der Waals surface area contributed by atoms with E-state index in [0.717, 1.165) is 25.7 Å². The number of esters is 1. The van der Waals surface area contributed by atoms with E-state index in [4.69, 9.17) is 14.2 Å². The highest BCUT2D eigenvalue weighted by Gasteiger charge is 2.59.